The van der Waals surface area contributed by atoms with E-state index < -0.39 is 21.7 Å². The fourth-order valence-electron chi connectivity index (χ4n) is 2.21. The van der Waals surface area contributed by atoms with Crippen LogP contribution in [0.25, 0.3) is 0 Å². The lowest BCUT2D eigenvalue weighted by atomic mass is 9.93. The molecule has 0 heterocycles. The van der Waals surface area contributed by atoms with Crippen LogP contribution < -0.4 is 4.72 Å². The van der Waals surface area contributed by atoms with Crippen LogP contribution in [0.3, 0.4) is 0 Å². The Kier molecular flexibility index (Phi) is 4.70. The molecule has 2 N–H and O–H groups in total. The van der Waals surface area contributed by atoms with Gasteiger partial charge in [-0.15, -0.1) is 0 Å². The zero-order chi connectivity index (χ0) is 16.4. The third kappa shape index (κ3) is 3.94. The molecular formula is C17H21NO3S. The monoisotopic (exact) mass is 319 g/mol. The Bertz CT molecular complexity index is 717. The van der Waals surface area contributed by atoms with Crippen molar-refractivity contribution in [2.24, 2.45) is 0 Å². The summed E-state index contributed by atoms with van der Waals surface area (Å²) in [5, 5.41) is 10.4. The van der Waals surface area contributed by atoms with E-state index in [-0.39, 0.29) is 4.90 Å². The van der Waals surface area contributed by atoms with Crippen LogP contribution in [0.4, 0.5) is 0 Å². The third-order valence-corrected chi connectivity index (χ3v) is 4.88. The molecule has 0 aliphatic heterocycles. The molecule has 0 aliphatic carbocycles. The zero-order valence-electron chi connectivity index (χ0n) is 12.9. The second-order valence-corrected chi connectivity index (χ2v) is 7.65. The van der Waals surface area contributed by atoms with Gasteiger partial charge in [0.25, 0.3) is 0 Å². The summed E-state index contributed by atoms with van der Waals surface area (Å²) in [6.45, 7) is 5.07. The predicted molar refractivity (Wildman–Crippen MR) is 87.0 cm³/mol. The number of hydrogen-bond acceptors (Lipinski definition) is 3. The number of rotatable bonds is 5. The number of benzene rings is 2. The summed E-state index contributed by atoms with van der Waals surface area (Å²) in [7, 11) is -3.72. The first-order valence-electron chi connectivity index (χ1n) is 7.06. The van der Waals surface area contributed by atoms with Crippen molar-refractivity contribution in [3.8, 4) is 0 Å². The average molecular weight is 319 g/mol. The Hall–Kier alpha value is -1.69. The minimum atomic E-state index is -3.72. The normalized spacial score (nSPS) is 13.8. The van der Waals surface area contributed by atoms with E-state index in [1.54, 1.807) is 50.2 Å². The third-order valence-electron chi connectivity index (χ3n) is 3.44. The molecule has 0 fully saturated rings. The first-order valence-corrected chi connectivity index (χ1v) is 8.55. The van der Waals surface area contributed by atoms with Crippen LogP contribution >= 0.6 is 0 Å². The van der Waals surface area contributed by atoms with Gasteiger partial charge in [-0.3, -0.25) is 0 Å². The van der Waals surface area contributed by atoms with E-state index in [1.807, 2.05) is 25.1 Å². The van der Waals surface area contributed by atoms with E-state index in [2.05, 4.69) is 4.72 Å². The van der Waals surface area contributed by atoms with E-state index in [4.69, 9.17) is 0 Å². The van der Waals surface area contributed by atoms with Gasteiger partial charge in [-0.2, -0.15) is 0 Å². The summed E-state index contributed by atoms with van der Waals surface area (Å²) in [6.07, 6.45) is 0. The topological polar surface area (TPSA) is 66.4 Å². The molecule has 0 aliphatic rings. The summed E-state index contributed by atoms with van der Waals surface area (Å²) in [5.74, 6) is 0. The van der Waals surface area contributed by atoms with Crippen LogP contribution in [0.2, 0.25) is 0 Å². The molecule has 2 rings (SSSR count). The number of aliphatic hydroxyl groups is 1. The highest BCUT2D eigenvalue weighted by Crippen LogP contribution is 2.27. The minimum Gasteiger partial charge on any atom is -0.388 e. The van der Waals surface area contributed by atoms with Crippen LogP contribution in [0.1, 0.15) is 31.0 Å². The fourth-order valence-corrected chi connectivity index (χ4v) is 3.57. The van der Waals surface area contributed by atoms with Crippen LogP contribution in [-0.2, 0) is 10.0 Å². The molecule has 0 saturated carbocycles. The number of sulfonamides is 1. The van der Waals surface area contributed by atoms with Gasteiger partial charge in [0.1, 0.15) is 0 Å². The van der Waals surface area contributed by atoms with Gasteiger partial charge in [-0.1, -0.05) is 48.0 Å². The standard InChI is InChI=1S/C17H21NO3S/c1-13-9-11-15(12-10-13)22(20,21)18-16(17(2,3)19)14-7-5-4-6-8-14/h4-12,16,18-19H,1-3H3/t16-/m0/s1. The fraction of sp³-hybridized carbons (Fsp3) is 0.294. The average Bonchev–Trinajstić information content (AvgIpc) is 2.45. The zero-order valence-corrected chi connectivity index (χ0v) is 13.8. The molecule has 0 radical (unpaired) electrons. The first-order chi connectivity index (χ1) is 10.2. The summed E-state index contributed by atoms with van der Waals surface area (Å²) in [4.78, 5) is 0.184. The summed E-state index contributed by atoms with van der Waals surface area (Å²) in [5.41, 5.74) is 0.464. The lowest BCUT2D eigenvalue weighted by Crippen LogP contribution is -2.42. The van der Waals surface area contributed by atoms with Crippen LogP contribution in [-0.4, -0.2) is 19.1 Å². The predicted octanol–water partition coefficient (Wildman–Crippen LogP) is 2.79. The molecular weight excluding hydrogens is 298 g/mol. The molecule has 118 valence electrons. The molecule has 2 aromatic carbocycles. The van der Waals surface area contributed by atoms with E-state index in [1.165, 1.54) is 0 Å². The van der Waals surface area contributed by atoms with Gasteiger partial charge in [0.05, 0.1) is 16.5 Å². The molecule has 0 unspecified atom stereocenters. The summed E-state index contributed by atoms with van der Waals surface area (Å²) in [6, 6.07) is 14.9. The van der Waals surface area contributed by atoms with Crippen molar-refractivity contribution in [3.63, 3.8) is 0 Å². The highest BCUT2D eigenvalue weighted by atomic mass is 32.2. The van der Waals surface area contributed by atoms with Gasteiger partial charge in [0.15, 0.2) is 0 Å². The smallest absolute Gasteiger partial charge is 0.241 e. The highest BCUT2D eigenvalue weighted by molar-refractivity contribution is 7.89. The van der Waals surface area contributed by atoms with Crippen molar-refractivity contribution in [2.45, 2.75) is 37.3 Å². The molecule has 0 amide bonds. The van der Waals surface area contributed by atoms with Gasteiger partial charge in [-0.05, 0) is 38.5 Å². The maximum absolute atomic E-state index is 12.6. The molecule has 0 aromatic heterocycles. The van der Waals surface area contributed by atoms with Crippen molar-refractivity contribution in [2.75, 3.05) is 0 Å². The van der Waals surface area contributed by atoms with Gasteiger partial charge in [-0.25, -0.2) is 13.1 Å². The van der Waals surface area contributed by atoms with Crippen molar-refractivity contribution >= 4 is 10.0 Å². The first kappa shape index (κ1) is 16.7. The lowest BCUT2D eigenvalue weighted by Gasteiger charge is -2.30. The Labute approximate surface area is 131 Å². The van der Waals surface area contributed by atoms with Crippen molar-refractivity contribution in [3.05, 3.63) is 65.7 Å². The SMILES string of the molecule is Cc1ccc(S(=O)(=O)N[C@@H](c2ccccc2)C(C)(C)O)cc1. The molecule has 0 bridgehead atoms. The molecule has 2 aromatic rings. The minimum absolute atomic E-state index is 0.184. The molecule has 0 saturated heterocycles. The van der Waals surface area contributed by atoms with E-state index >= 15 is 0 Å². The molecule has 5 heteroatoms. The molecule has 0 spiro atoms. The Morgan fingerprint density at radius 2 is 1.55 bits per heavy atom. The maximum Gasteiger partial charge on any atom is 0.241 e. The van der Waals surface area contributed by atoms with Gasteiger partial charge in [0, 0.05) is 0 Å². The maximum atomic E-state index is 12.6. The van der Waals surface area contributed by atoms with Gasteiger partial charge >= 0.3 is 0 Å². The Balaban J connectivity index is 2.37. The van der Waals surface area contributed by atoms with Crippen molar-refractivity contribution < 1.29 is 13.5 Å². The van der Waals surface area contributed by atoms with Crippen molar-refractivity contribution in [1.29, 1.82) is 0 Å². The lowest BCUT2D eigenvalue weighted by molar-refractivity contribution is 0.0455. The second kappa shape index (κ2) is 6.20. The van der Waals surface area contributed by atoms with Gasteiger partial charge < -0.3 is 5.11 Å². The molecule has 4 nitrogen and oxygen atoms in total. The summed E-state index contributed by atoms with van der Waals surface area (Å²) >= 11 is 0. The number of nitrogens with one attached hydrogen (secondary N) is 1. The van der Waals surface area contributed by atoms with Crippen molar-refractivity contribution in [1.82, 2.24) is 4.72 Å². The molecule has 1 atom stereocenters. The van der Waals surface area contributed by atoms with Crippen LogP contribution in [0.5, 0.6) is 0 Å². The van der Waals surface area contributed by atoms with E-state index in [0.29, 0.717) is 5.56 Å². The largest absolute Gasteiger partial charge is 0.388 e. The molecule has 22 heavy (non-hydrogen) atoms. The van der Waals surface area contributed by atoms with Gasteiger partial charge in [0.2, 0.25) is 10.0 Å². The van der Waals surface area contributed by atoms with E-state index in [9.17, 15) is 13.5 Å². The van der Waals surface area contributed by atoms with E-state index in [0.717, 1.165) is 5.56 Å². The second-order valence-electron chi connectivity index (χ2n) is 5.93. The van der Waals surface area contributed by atoms with Crippen LogP contribution in [0.15, 0.2) is 59.5 Å². The van der Waals surface area contributed by atoms with Crippen LogP contribution in [0, 0.1) is 6.92 Å². The Morgan fingerprint density at radius 1 is 1.00 bits per heavy atom. The highest BCUT2D eigenvalue weighted by Gasteiger charge is 2.32. The number of hydrogen-bond donors (Lipinski definition) is 2. The Morgan fingerprint density at radius 3 is 2.05 bits per heavy atom. The quantitative estimate of drug-likeness (QED) is 0.890. The number of aryl methyl sites for hydroxylation is 1. The summed E-state index contributed by atoms with van der Waals surface area (Å²) < 4.78 is 27.7.